The molecular formula is C18H17N5O. The molecule has 0 saturated heterocycles. The predicted octanol–water partition coefficient (Wildman–Crippen LogP) is 2.76. The van der Waals surface area contributed by atoms with Gasteiger partial charge in [-0.25, -0.2) is 0 Å². The van der Waals surface area contributed by atoms with Crippen LogP contribution < -0.4 is 4.90 Å². The first-order valence-corrected chi connectivity index (χ1v) is 7.49. The Morgan fingerprint density at radius 2 is 1.75 bits per heavy atom. The zero-order chi connectivity index (χ0) is 16.9. The quantitative estimate of drug-likeness (QED) is 0.546. The van der Waals surface area contributed by atoms with Crippen LogP contribution in [0, 0.1) is 0 Å². The van der Waals surface area contributed by atoms with Crippen LogP contribution in [0.2, 0.25) is 0 Å². The van der Waals surface area contributed by atoms with Crippen LogP contribution in [-0.4, -0.2) is 40.2 Å². The summed E-state index contributed by atoms with van der Waals surface area (Å²) in [5, 5.41) is 11.3. The second-order valence-corrected chi connectivity index (χ2v) is 5.44. The molecule has 0 unspecified atom stereocenters. The summed E-state index contributed by atoms with van der Waals surface area (Å²) in [6, 6.07) is 17.3. The molecule has 0 amide bonds. The van der Waals surface area contributed by atoms with Crippen molar-refractivity contribution in [3.8, 4) is 11.4 Å². The van der Waals surface area contributed by atoms with Crippen molar-refractivity contribution >= 4 is 17.7 Å². The molecule has 0 aliphatic carbocycles. The molecule has 0 N–H and O–H groups in total. The minimum atomic E-state index is -0.296. The molecule has 3 rings (SSSR count). The Kier molecular flexibility index (Phi) is 4.47. The predicted molar refractivity (Wildman–Crippen MR) is 93.7 cm³/mol. The monoisotopic (exact) mass is 319 g/mol. The molecule has 1 aromatic heterocycles. The Labute approximate surface area is 140 Å². The van der Waals surface area contributed by atoms with Gasteiger partial charge in [-0.05, 0) is 34.2 Å². The van der Waals surface area contributed by atoms with Gasteiger partial charge in [0, 0.05) is 31.4 Å². The first-order valence-electron chi connectivity index (χ1n) is 7.49. The summed E-state index contributed by atoms with van der Waals surface area (Å²) in [4.78, 5) is 14.4. The fourth-order valence-electron chi connectivity index (χ4n) is 2.22. The second-order valence-electron chi connectivity index (χ2n) is 5.44. The SMILES string of the molecule is CN(C)c1ccc(/C=C/C(=O)n2nnnc2-c2ccccc2)cc1. The topological polar surface area (TPSA) is 63.9 Å². The van der Waals surface area contributed by atoms with Crippen molar-refractivity contribution in [1.29, 1.82) is 0 Å². The van der Waals surface area contributed by atoms with E-state index in [1.807, 2.05) is 73.6 Å². The highest BCUT2D eigenvalue weighted by molar-refractivity contribution is 5.95. The van der Waals surface area contributed by atoms with Crippen molar-refractivity contribution in [2.75, 3.05) is 19.0 Å². The second kappa shape index (κ2) is 6.87. The van der Waals surface area contributed by atoms with Crippen LogP contribution in [0.15, 0.2) is 60.7 Å². The van der Waals surface area contributed by atoms with Gasteiger partial charge in [0.1, 0.15) is 0 Å². The number of nitrogens with zero attached hydrogens (tertiary/aromatic N) is 5. The molecule has 6 heteroatoms. The van der Waals surface area contributed by atoms with Gasteiger partial charge in [-0.15, -0.1) is 5.10 Å². The van der Waals surface area contributed by atoms with Gasteiger partial charge in [0.2, 0.25) is 0 Å². The molecule has 1 heterocycles. The van der Waals surface area contributed by atoms with Gasteiger partial charge >= 0.3 is 0 Å². The van der Waals surface area contributed by atoms with Crippen molar-refractivity contribution < 1.29 is 4.79 Å². The lowest BCUT2D eigenvalue weighted by Crippen LogP contribution is -2.11. The van der Waals surface area contributed by atoms with E-state index in [4.69, 9.17) is 0 Å². The Balaban J connectivity index is 1.80. The average molecular weight is 319 g/mol. The molecule has 24 heavy (non-hydrogen) atoms. The minimum Gasteiger partial charge on any atom is -0.378 e. The van der Waals surface area contributed by atoms with Gasteiger partial charge in [-0.3, -0.25) is 4.79 Å². The van der Waals surface area contributed by atoms with Gasteiger partial charge in [-0.2, -0.15) is 4.68 Å². The lowest BCUT2D eigenvalue weighted by Gasteiger charge is -2.11. The minimum absolute atomic E-state index is 0.296. The van der Waals surface area contributed by atoms with Crippen LogP contribution in [0.5, 0.6) is 0 Å². The Hall–Kier alpha value is -3.28. The van der Waals surface area contributed by atoms with Crippen molar-refractivity contribution in [2.45, 2.75) is 0 Å². The summed E-state index contributed by atoms with van der Waals surface area (Å²) in [5.74, 6) is 0.128. The summed E-state index contributed by atoms with van der Waals surface area (Å²) in [5.41, 5.74) is 2.83. The van der Waals surface area contributed by atoms with Crippen LogP contribution in [0.25, 0.3) is 17.5 Å². The fourth-order valence-corrected chi connectivity index (χ4v) is 2.22. The molecule has 0 fully saturated rings. The molecule has 2 aromatic carbocycles. The van der Waals surface area contributed by atoms with E-state index in [0.29, 0.717) is 5.82 Å². The third-order valence-corrected chi connectivity index (χ3v) is 3.54. The highest BCUT2D eigenvalue weighted by Gasteiger charge is 2.12. The van der Waals surface area contributed by atoms with Crippen molar-refractivity contribution in [3.63, 3.8) is 0 Å². The molecule has 0 aliphatic rings. The summed E-state index contributed by atoms with van der Waals surface area (Å²) >= 11 is 0. The van der Waals surface area contributed by atoms with E-state index in [1.165, 1.54) is 10.8 Å². The third kappa shape index (κ3) is 3.38. The average Bonchev–Trinajstić information content (AvgIpc) is 3.10. The first-order chi connectivity index (χ1) is 11.6. The van der Waals surface area contributed by atoms with Crippen molar-refractivity contribution in [2.24, 2.45) is 0 Å². The van der Waals surface area contributed by atoms with Crippen LogP contribution in [0.4, 0.5) is 5.69 Å². The van der Waals surface area contributed by atoms with E-state index in [9.17, 15) is 4.79 Å². The molecule has 0 aliphatic heterocycles. The highest BCUT2D eigenvalue weighted by atomic mass is 16.2. The maximum absolute atomic E-state index is 12.4. The number of rotatable bonds is 4. The number of carbonyl (C=O) groups excluding carboxylic acids is 1. The van der Waals surface area contributed by atoms with Crippen LogP contribution >= 0.6 is 0 Å². The first kappa shape index (κ1) is 15.6. The molecule has 120 valence electrons. The maximum atomic E-state index is 12.4. The van der Waals surface area contributed by atoms with Crippen molar-refractivity contribution in [3.05, 3.63) is 66.2 Å². The van der Waals surface area contributed by atoms with E-state index < -0.39 is 0 Å². The van der Waals surface area contributed by atoms with Gasteiger partial charge in [0.15, 0.2) is 5.82 Å². The van der Waals surface area contributed by atoms with E-state index >= 15 is 0 Å². The zero-order valence-corrected chi connectivity index (χ0v) is 13.5. The Morgan fingerprint density at radius 1 is 1.04 bits per heavy atom. The van der Waals surface area contributed by atoms with Gasteiger partial charge in [-0.1, -0.05) is 42.5 Å². The number of hydrogen-bond donors (Lipinski definition) is 0. The van der Waals surface area contributed by atoms with Crippen LogP contribution in [0.1, 0.15) is 10.4 Å². The van der Waals surface area contributed by atoms with Gasteiger partial charge in [0.25, 0.3) is 5.91 Å². The van der Waals surface area contributed by atoms with E-state index in [2.05, 4.69) is 15.5 Å². The Bertz CT molecular complexity index is 851. The van der Waals surface area contributed by atoms with Gasteiger partial charge < -0.3 is 4.90 Å². The van der Waals surface area contributed by atoms with Crippen molar-refractivity contribution in [1.82, 2.24) is 20.2 Å². The summed E-state index contributed by atoms with van der Waals surface area (Å²) in [6.07, 6.45) is 3.21. The normalized spacial score (nSPS) is 10.9. The highest BCUT2D eigenvalue weighted by Crippen LogP contribution is 2.16. The van der Waals surface area contributed by atoms with E-state index in [0.717, 1.165) is 16.8 Å². The number of carbonyl (C=O) groups is 1. The lowest BCUT2D eigenvalue weighted by molar-refractivity contribution is 0.0955. The number of anilines is 1. The van der Waals surface area contributed by atoms with Gasteiger partial charge in [0.05, 0.1) is 0 Å². The lowest BCUT2D eigenvalue weighted by atomic mass is 10.2. The standard InChI is InChI=1S/C18H17N5O/c1-22(2)16-11-8-14(9-12-16)10-13-17(24)23-18(19-20-21-23)15-6-4-3-5-7-15/h3-13H,1-2H3/b13-10+. The van der Waals surface area contributed by atoms with Crippen LogP contribution in [0.3, 0.4) is 0 Å². The fraction of sp³-hybridized carbons (Fsp3) is 0.111. The molecule has 3 aromatic rings. The maximum Gasteiger partial charge on any atom is 0.274 e. The molecular weight excluding hydrogens is 302 g/mol. The largest absolute Gasteiger partial charge is 0.378 e. The Morgan fingerprint density at radius 3 is 2.42 bits per heavy atom. The number of aromatic nitrogens is 4. The number of tetrazole rings is 1. The molecule has 0 atom stereocenters. The van der Waals surface area contributed by atoms with E-state index in [-0.39, 0.29) is 5.91 Å². The molecule has 0 radical (unpaired) electrons. The molecule has 6 nitrogen and oxygen atoms in total. The summed E-state index contributed by atoms with van der Waals surface area (Å²) < 4.78 is 1.19. The smallest absolute Gasteiger partial charge is 0.274 e. The number of hydrogen-bond acceptors (Lipinski definition) is 5. The van der Waals surface area contributed by atoms with E-state index in [1.54, 1.807) is 6.08 Å². The number of allylic oxidation sites excluding steroid dienone is 1. The number of benzene rings is 2. The molecule has 0 saturated carbocycles. The molecule has 0 bridgehead atoms. The molecule has 0 spiro atoms. The third-order valence-electron chi connectivity index (χ3n) is 3.54. The van der Waals surface area contributed by atoms with Crippen LogP contribution in [-0.2, 0) is 0 Å². The zero-order valence-electron chi connectivity index (χ0n) is 13.5. The summed E-state index contributed by atoms with van der Waals surface area (Å²) in [6.45, 7) is 0. The summed E-state index contributed by atoms with van der Waals surface area (Å²) in [7, 11) is 3.97.